The van der Waals surface area contributed by atoms with Crippen LogP contribution in [0.2, 0.25) is 0 Å². The van der Waals surface area contributed by atoms with E-state index in [9.17, 15) is 14.9 Å². The molecule has 0 radical (unpaired) electrons. The summed E-state index contributed by atoms with van der Waals surface area (Å²) in [7, 11) is 0. The lowest BCUT2D eigenvalue weighted by Crippen LogP contribution is -2.60. The summed E-state index contributed by atoms with van der Waals surface area (Å²) in [5.41, 5.74) is -1.09. The number of hydrogen-bond donors (Lipinski definition) is 1. The van der Waals surface area contributed by atoms with Crippen molar-refractivity contribution in [2.75, 3.05) is 57.4 Å². The topological polar surface area (TPSA) is 146 Å². The Bertz CT molecular complexity index is 2680. The number of piperidine rings is 2. The van der Waals surface area contributed by atoms with E-state index in [4.69, 9.17) is 19.2 Å². The van der Waals surface area contributed by atoms with Crippen molar-refractivity contribution in [1.82, 2.24) is 30.1 Å². The molecular weight excluding hydrogens is 826 g/mol. The number of fused-ring (bicyclic) bond motifs is 7. The quantitative estimate of drug-likeness (QED) is 0.183. The minimum Gasteiger partial charge on any atom is -0.461 e. The predicted molar refractivity (Wildman–Crippen MR) is 232 cm³/mol. The van der Waals surface area contributed by atoms with Crippen LogP contribution in [-0.2, 0) is 16.6 Å². The maximum Gasteiger partial charge on any atom is 0.415 e. The van der Waals surface area contributed by atoms with Crippen molar-refractivity contribution in [3.05, 3.63) is 83.6 Å². The molecule has 2 amide bonds. The van der Waals surface area contributed by atoms with Crippen molar-refractivity contribution < 1.29 is 37.0 Å². The molecule has 3 aromatic carbocycles. The summed E-state index contributed by atoms with van der Waals surface area (Å²) in [5.74, 6) is -1.16. The first kappa shape index (κ1) is 41.8. The Morgan fingerprint density at radius 2 is 1.80 bits per heavy atom. The number of likely N-dealkylation sites (tertiary alicyclic amines) is 1. The molecule has 16 heteroatoms. The van der Waals surface area contributed by atoms with Crippen LogP contribution in [0.4, 0.5) is 28.6 Å². The van der Waals surface area contributed by atoms with Gasteiger partial charge in [-0.15, -0.1) is 0 Å². The van der Waals surface area contributed by atoms with E-state index < -0.39 is 40.9 Å². The lowest BCUT2D eigenvalue weighted by Gasteiger charge is -2.42. The highest BCUT2D eigenvalue weighted by molar-refractivity contribution is 6.02. The van der Waals surface area contributed by atoms with Crippen LogP contribution in [-0.4, -0.2) is 107 Å². The first-order chi connectivity index (χ1) is 31.0. The molecule has 2 aromatic heterocycles. The third-order valence-corrected chi connectivity index (χ3v) is 14.1. The number of rotatable bonds is 5. The van der Waals surface area contributed by atoms with Crippen LogP contribution >= 0.6 is 0 Å². The van der Waals surface area contributed by atoms with Gasteiger partial charge in [0.15, 0.2) is 5.82 Å². The van der Waals surface area contributed by atoms with E-state index in [-0.39, 0.29) is 109 Å². The second-order valence-corrected chi connectivity index (χ2v) is 18.3. The highest BCUT2D eigenvalue weighted by atomic mass is 19.1. The van der Waals surface area contributed by atoms with Crippen LogP contribution in [0, 0.1) is 23.0 Å². The van der Waals surface area contributed by atoms with Gasteiger partial charge in [-0.3, -0.25) is 9.88 Å². The number of nitriles is 1. The fourth-order valence-corrected chi connectivity index (χ4v) is 10.9. The molecule has 5 aromatic rings. The number of alkyl carbamates (subject to hydrolysis) is 1. The monoisotopic (exact) mass is 874 g/mol. The molecule has 13 nitrogen and oxygen atoms in total. The number of aromatic nitrogens is 3. The van der Waals surface area contributed by atoms with Crippen LogP contribution < -0.4 is 19.7 Å². The number of anilines is 1. The first-order valence-corrected chi connectivity index (χ1v) is 22.2. The Balaban J connectivity index is 1.07. The van der Waals surface area contributed by atoms with E-state index in [0.717, 1.165) is 44.3 Å². The van der Waals surface area contributed by atoms with Gasteiger partial charge < -0.3 is 29.3 Å². The van der Waals surface area contributed by atoms with Gasteiger partial charge >= 0.3 is 18.2 Å². The van der Waals surface area contributed by atoms with Gasteiger partial charge in [-0.1, -0.05) is 36.4 Å². The number of nitrogens with zero attached hydrogens (tertiary/aromatic N) is 7. The van der Waals surface area contributed by atoms with Crippen LogP contribution in [0.1, 0.15) is 69.4 Å². The molecule has 8 heterocycles. The lowest BCUT2D eigenvalue weighted by atomic mass is 9.74. The molecule has 6 aliphatic rings. The number of ether oxygens (including phenoxy) is 3. The van der Waals surface area contributed by atoms with E-state index in [1.165, 1.54) is 24.4 Å². The summed E-state index contributed by atoms with van der Waals surface area (Å²) in [4.78, 5) is 46.8. The van der Waals surface area contributed by atoms with Crippen molar-refractivity contribution in [2.45, 2.75) is 87.4 Å². The maximum atomic E-state index is 17.7. The predicted octanol–water partition coefficient (Wildman–Crippen LogP) is 8.17. The van der Waals surface area contributed by atoms with Crippen molar-refractivity contribution in [3.63, 3.8) is 0 Å². The van der Waals surface area contributed by atoms with Crippen LogP contribution in [0.25, 0.3) is 32.9 Å². The summed E-state index contributed by atoms with van der Waals surface area (Å²) in [6.07, 6.45) is 3.72. The highest BCUT2D eigenvalue weighted by Gasteiger charge is 2.46. The Morgan fingerprint density at radius 3 is 2.56 bits per heavy atom. The zero-order chi connectivity index (χ0) is 44.2. The summed E-state index contributed by atoms with van der Waals surface area (Å²) in [5, 5.41) is 14.1. The van der Waals surface area contributed by atoms with Crippen molar-refractivity contribution in [1.29, 1.82) is 5.26 Å². The molecule has 0 aliphatic carbocycles. The first-order valence-electron chi connectivity index (χ1n) is 22.2. The van der Waals surface area contributed by atoms with Crippen LogP contribution in [0.5, 0.6) is 11.8 Å². The van der Waals surface area contributed by atoms with Crippen LogP contribution in [0.15, 0.2) is 60.8 Å². The fourth-order valence-electron chi connectivity index (χ4n) is 10.9. The van der Waals surface area contributed by atoms with E-state index in [1.807, 2.05) is 30.3 Å². The molecule has 332 valence electrons. The third-order valence-electron chi connectivity index (χ3n) is 14.1. The molecule has 1 N–H and O–H groups in total. The molecule has 0 saturated carbocycles. The smallest absolute Gasteiger partial charge is 0.415 e. The Labute approximate surface area is 368 Å². The standard InChI is InChI=1S/C48H49F3N8O5/c1-46-24-32(49)26-58(28-46)42-36-25-53-40(39(51)41(36)54-43(55-42)63-29-48-13-6-17-59(48)18-7-14-48)35-23-33(22-30-11-12-37(50)34(38(30)35)10-5-21-62-44(60)56-46)64-45(61)57-19-15-47(27-52,16-20-57)31-8-3-2-4-9-31/h2-4,8-9,11-12,22-23,25,32H,5-7,10,13-21,24,26,28-29H2,1H3,(H,56,60). The highest BCUT2D eigenvalue weighted by Crippen LogP contribution is 2.43. The normalized spacial score (nSPS) is 23.0. The van der Waals surface area contributed by atoms with Gasteiger partial charge in [0.05, 0.1) is 41.1 Å². The molecule has 4 fully saturated rings. The van der Waals surface area contributed by atoms with Gasteiger partial charge in [-0.2, -0.15) is 15.2 Å². The van der Waals surface area contributed by atoms with Gasteiger partial charge in [0.25, 0.3) is 0 Å². The SMILES string of the molecule is CC12CC(F)CN(C1)c1nc(OCC34CCCN3CCC4)nc3c(F)c(ncc13)-c1cc(OC(=O)N3CCC(C#N)(c4ccccc4)CC3)cc3ccc(F)c(c13)CCCOC(=O)N2. The number of benzene rings is 3. The number of hydrogen-bond acceptors (Lipinski definition) is 11. The number of halogens is 3. The largest absolute Gasteiger partial charge is 0.461 e. The Kier molecular flexibility index (Phi) is 10.7. The minimum atomic E-state index is -1.39. The number of aryl methyl sites for hydroxylation is 1. The molecule has 11 rings (SSSR count). The molecule has 4 saturated heterocycles. The number of nitrogens with one attached hydrogen (secondary N) is 1. The Hall–Kier alpha value is -6.21. The van der Waals surface area contributed by atoms with Gasteiger partial charge in [0.1, 0.15) is 41.4 Å². The van der Waals surface area contributed by atoms with Crippen molar-refractivity contribution in [3.8, 4) is 29.1 Å². The number of carbonyl (C=O) groups excluding carboxylic acids is 2. The average molecular weight is 875 g/mol. The molecule has 6 aliphatic heterocycles. The summed E-state index contributed by atoms with van der Waals surface area (Å²) >= 11 is 0. The molecule has 2 atom stereocenters. The second kappa shape index (κ2) is 16.4. The average Bonchev–Trinajstić information content (AvgIpc) is 3.88. The van der Waals surface area contributed by atoms with Gasteiger partial charge in [-0.25, -0.2) is 22.8 Å². The van der Waals surface area contributed by atoms with Crippen molar-refractivity contribution in [2.24, 2.45) is 0 Å². The maximum absolute atomic E-state index is 17.7. The van der Waals surface area contributed by atoms with E-state index >= 15 is 13.2 Å². The minimum absolute atomic E-state index is 0.00159. The molecule has 0 spiro atoms. The second-order valence-electron chi connectivity index (χ2n) is 18.3. The van der Waals surface area contributed by atoms with E-state index in [1.54, 1.807) is 22.8 Å². The number of amides is 2. The molecular formula is C48H49F3N8O5. The number of carbonyl (C=O) groups is 2. The van der Waals surface area contributed by atoms with Gasteiger partial charge in [-0.05, 0) is 111 Å². The van der Waals surface area contributed by atoms with Crippen LogP contribution in [0.3, 0.4) is 0 Å². The zero-order valence-electron chi connectivity index (χ0n) is 35.7. The third kappa shape index (κ3) is 7.57. The summed E-state index contributed by atoms with van der Waals surface area (Å²) in [6.45, 7) is 4.41. The van der Waals surface area contributed by atoms with Gasteiger partial charge in [0.2, 0.25) is 0 Å². The molecule has 6 bridgehead atoms. The van der Waals surface area contributed by atoms with E-state index in [0.29, 0.717) is 23.6 Å². The zero-order valence-corrected chi connectivity index (χ0v) is 35.7. The molecule has 2 unspecified atom stereocenters. The van der Waals surface area contributed by atoms with Gasteiger partial charge in [0, 0.05) is 37.8 Å². The fraction of sp³-hybridized carbons (Fsp3) is 0.458. The van der Waals surface area contributed by atoms with Crippen molar-refractivity contribution >= 4 is 39.7 Å². The number of alkyl halides is 1. The Morgan fingerprint density at radius 1 is 1.02 bits per heavy atom. The lowest BCUT2D eigenvalue weighted by molar-refractivity contribution is 0.107. The summed E-state index contributed by atoms with van der Waals surface area (Å²) < 4.78 is 67.5. The number of pyridine rings is 1. The van der Waals surface area contributed by atoms with E-state index in [2.05, 4.69) is 26.3 Å². The summed E-state index contributed by atoms with van der Waals surface area (Å²) in [6, 6.07) is 17.8. The molecule has 64 heavy (non-hydrogen) atoms.